The second kappa shape index (κ2) is 6.22. The molecule has 1 aromatic heterocycles. The molecule has 1 heterocycles. The van der Waals surface area contributed by atoms with Crippen molar-refractivity contribution in [3.8, 4) is 5.75 Å². The first-order valence-corrected chi connectivity index (χ1v) is 6.89. The summed E-state index contributed by atoms with van der Waals surface area (Å²) in [6, 6.07) is 0. The van der Waals surface area contributed by atoms with Crippen molar-refractivity contribution < 1.29 is 24.2 Å². The van der Waals surface area contributed by atoms with Crippen LogP contribution in [0, 0.1) is 6.92 Å². The van der Waals surface area contributed by atoms with Crippen molar-refractivity contribution in [2.24, 2.45) is 0 Å². The molecule has 0 unspecified atom stereocenters. The minimum Gasteiger partial charge on any atom is -0.461 e. The summed E-state index contributed by atoms with van der Waals surface area (Å²) >= 11 is 0. The molecule has 6 heteroatoms. The summed E-state index contributed by atoms with van der Waals surface area (Å²) < 4.78 is 10.2. The number of rotatable bonds is 5. The molecule has 1 fully saturated rings. The fourth-order valence-electron chi connectivity index (χ4n) is 2.29. The summed E-state index contributed by atoms with van der Waals surface area (Å²) in [6.07, 6.45) is 2.05. The van der Waals surface area contributed by atoms with Gasteiger partial charge in [-0.3, -0.25) is 14.6 Å². The van der Waals surface area contributed by atoms with Crippen LogP contribution in [0.3, 0.4) is 0 Å². The van der Waals surface area contributed by atoms with Gasteiger partial charge in [0.05, 0.1) is 12.3 Å². The van der Waals surface area contributed by atoms with E-state index in [2.05, 4.69) is 4.98 Å². The number of hydrogen-bond acceptors (Lipinski definition) is 6. The van der Waals surface area contributed by atoms with Crippen LogP contribution in [0.2, 0.25) is 0 Å². The molecular formula is C15H19NO5. The van der Waals surface area contributed by atoms with Gasteiger partial charge in [0.25, 0.3) is 0 Å². The number of aryl methyl sites for hydroxylation is 1. The van der Waals surface area contributed by atoms with Gasteiger partial charge < -0.3 is 14.6 Å². The average molecular weight is 293 g/mol. The van der Waals surface area contributed by atoms with Crippen LogP contribution < -0.4 is 4.74 Å². The van der Waals surface area contributed by atoms with E-state index in [1.165, 1.54) is 13.8 Å². The van der Waals surface area contributed by atoms with E-state index in [1.807, 2.05) is 0 Å². The van der Waals surface area contributed by atoms with Crippen molar-refractivity contribution in [3.05, 3.63) is 22.5 Å². The first kappa shape index (κ1) is 15.4. The van der Waals surface area contributed by atoms with Crippen LogP contribution >= 0.6 is 0 Å². The molecule has 0 atom stereocenters. The van der Waals surface area contributed by atoms with Gasteiger partial charge in [-0.05, 0) is 19.8 Å². The van der Waals surface area contributed by atoms with E-state index < -0.39 is 11.9 Å². The predicted molar refractivity (Wildman–Crippen MR) is 73.7 cm³/mol. The van der Waals surface area contributed by atoms with Crippen LogP contribution in [0.15, 0.2) is 0 Å². The lowest BCUT2D eigenvalue weighted by molar-refractivity contribution is -0.142. The number of esters is 2. The summed E-state index contributed by atoms with van der Waals surface area (Å²) in [5.41, 5.74) is 2.50. The molecule has 1 N–H and O–H groups in total. The van der Waals surface area contributed by atoms with E-state index in [-0.39, 0.29) is 19.0 Å². The predicted octanol–water partition coefficient (Wildman–Crippen LogP) is 1.75. The molecule has 1 saturated carbocycles. The zero-order valence-electron chi connectivity index (χ0n) is 12.4. The third-order valence-corrected chi connectivity index (χ3v) is 3.35. The molecule has 1 aliphatic rings. The molecule has 6 nitrogen and oxygen atoms in total. The minimum atomic E-state index is -0.480. The number of carbonyl (C=O) groups is 2. The van der Waals surface area contributed by atoms with Crippen LogP contribution in [0.4, 0.5) is 0 Å². The Bertz CT molecular complexity index is 578. The number of aliphatic hydroxyl groups is 1. The van der Waals surface area contributed by atoms with Gasteiger partial charge in [-0.25, -0.2) is 0 Å². The van der Waals surface area contributed by atoms with Gasteiger partial charge in [-0.2, -0.15) is 0 Å². The molecule has 2 rings (SSSR count). The van der Waals surface area contributed by atoms with Crippen LogP contribution in [-0.2, 0) is 27.5 Å². The average Bonchev–Trinajstić information content (AvgIpc) is 3.22. The Morgan fingerprint density at radius 2 is 1.90 bits per heavy atom. The molecule has 0 aliphatic heterocycles. The Morgan fingerprint density at radius 3 is 2.38 bits per heavy atom. The van der Waals surface area contributed by atoms with E-state index in [4.69, 9.17) is 9.47 Å². The molecule has 0 saturated heterocycles. The zero-order valence-corrected chi connectivity index (χ0v) is 12.4. The Balaban J connectivity index is 2.50. The highest BCUT2D eigenvalue weighted by Crippen LogP contribution is 2.43. The molecular weight excluding hydrogens is 274 g/mol. The van der Waals surface area contributed by atoms with Crippen molar-refractivity contribution in [3.63, 3.8) is 0 Å². The van der Waals surface area contributed by atoms with Gasteiger partial charge >= 0.3 is 11.9 Å². The fourth-order valence-corrected chi connectivity index (χ4v) is 2.29. The molecule has 0 bridgehead atoms. The van der Waals surface area contributed by atoms with E-state index in [9.17, 15) is 14.7 Å². The summed E-state index contributed by atoms with van der Waals surface area (Å²) in [5, 5.41) is 9.67. The van der Waals surface area contributed by atoms with Crippen LogP contribution in [0.5, 0.6) is 5.75 Å². The number of aliphatic hydroxyl groups excluding tert-OH is 1. The number of aromatic nitrogens is 1. The zero-order chi connectivity index (χ0) is 15.6. The maximum Gasteiger partial charge on any atom is 0.308 e. The van der Waals surface area contributed by atoms with Gasteiger partial charge in [0.2, 0.25) is 0 Å². The van der Waals surface area contributed by atoms with Crippen molar-refractivity contribution in [2.45, 2.75) is 52.7 Å². The molecule has 21 heavy (non-hydrogen) atoms. The fraction of sp³-hybridized carbons (Fsp3) is 0.533. The molecule has 114 valence electrons. The maximum absolute atomic E-state index is 11.3. The lowest BCUT2D eigenvalue weighted by atomic mass is 10.0. The number of carbonyl (C=O) groups excluding carboxylic acids is 2. The van der Waals surface area contributed by atoms with E-state index in [0.29, 0.717) is 22.7 Å². The smallest absolute Gasteiger partial charge is 0.308 e. The SMILES string of the molecule is CC(=O)OCc1c(CO)c(C2CC2)nc(C)c1OC(C)=O. The summed E-state index contributed by atoms with van der Waals surface area (Å²) in [6.45, 7) is 4.06. The Morgan fingerprint density at radius 1 is 1.24 bits per heavy atom. The van der Waals surface area contributed by atoms with Gasteiger partial charge in [0, 0.05) is 36.6 Å². The normalized spacial score (nSPS) is 13.9. The number of pyridine rings is 1. The standard InChI is InChI=1S/C15H19NO5/c1-8-15(21-10(3)19)13(7-20-9(2)18)12(6-17)14(16-8)11-4-5-11/h11,17H,4-7H2,1-3H3. The summed E-state index contributed by atoms with van der Waals surface area (Å²) in [5.74, 6) is -0.312. The number of ether oxygens (including phenoxy) is 2. The Labute approximate surface area is 123 Å². The van der Waals surface area contributed by atoms with Crippen molar-refractivity contribution in [1.82, 2.24) is 4.98 Å². The van der Waals surface area contributed by atoms with E-state index in [1.54, 1.807) is 6.92 Å². The number of nitrogens with zero attached hydrogens (tertiary/aromatic N) is 1. The van der Waals surface area contributed by atoms with Crippen LogP contribution in [0.25, 0.3) is 0 Å². The molecule has 1 aliphatic carbocycles. The van der Waals surface area contributed by atoms with Gasteiger partial charge in [0.1, 0.15) is 6.61 Å². The first-order chi connectivity index (χ1) is 9.93. The van der Waals surface area contributed by atoms with Crippen molar-refractivity contribution in [2.75, 3.05) is 0 Å². The minimum absolute atomic E-state index is 0.0447. The second-order valence-corrected chi connectivity index (χ2v) is 5.17. The van der Waals surface area contributed by atoms with Crippen molar-refractivity contribution in [1.29, 1.82) is 0 Å². The highest BCUT2D eigenvalue weighted by Gasteiger charge is 2.31. The van der Waals surface area contributed by atoms with Crippen LogP contribution in [-0.4, -0.2) is 22.0 Å². The van der Waals surface area contributed by atoms with E-state index in [0.717, 1.165) is 18.5 Å². The summed E-state index contributed by atoms with van der Waals surface area (Å²) in [7, 11) is 0. The maximum atomic E-state index is 11.3. The Hall–Kier alpha value is -1.95. The Kier molecular flexibility index (Phi) is 4.57. The first-order valence-electron chi connectivity index (χ1n) is 6.89. The third kappa shape index (κ3) is 3.58. The summed E-state index contributed by atoms with van der Waals surface area (Å²) in [4.78, 5) is 26.8. The van der Waals surface area contributed by atoms with Crippen molar-refractivity contribution >= 4 is 11.9 Å². The molecule has 0 aromatic carbocycles. The monoisotopic (exact) mass is 293 g/mol. The molecule has 0 spiro atoms. The molecule has 1 aromatic rings. The highest BCUT2D eigenvalue weighted by atomic mass is 16.5. The topological polar surface area (TPSA) is 85.7 Å². The van der Waals surface area contributed by atoms with Gasteiger partial charge in [0.15, 0.2) is 5.75 Å². The lowest BCUT2D eigenvalue weighted by Crippen LogP contribution is -2.13. The highest BCUT2D eigenvalue weighted by molar-refractivity contribution is 5.71. The van der Waals surface area contributed by atoms with Gasteiger partial charge in [-0.15, -0.1) is 0 Å². The lowest BCUT2D eigenvalue weighted by Gasteiger charge is -2.18. The molecule has 0 radical (unpaired) electrons. The second-order valence-electron chi connectivity index (χ2n) is 5.17. The van der Waals surface area contributed by atoms with Gasteiger partial charge in [-0.1, -0.05) is 0 Å². The van der Waals surface area contributed by atoms with Crippen LogP contribution in [0.1, 0.15) is 55.1 Å². The molecule has 0 amide bonds. The van der Waals surface area contributed by atoms with E-state index >= 15 is 0 Å². The third-order valence-electron chi connectivity index (χ3n) is 3.35. The number of hydrogen-bond donors (Lipinski definition) is 1. The quantitative estimate of drug-likeness (QED) is 0.832. The largest absolute Gasteiger partial charge is 0.461 e.